The van der Waals surface area contributed by atoms with E-state index in [-0.39, 0.29) is 0 Å². The quantitative estimate of drug-likeness (QED) is 0.176. The first-order valence-electron chi connectivity index (χ1n) is 18.2. The summed E-state index contributed by atoms with van der Waals surface area (Å²) < 4.78 is 0. The van der Waals surface area contributed by atoms with Gasteiger partial charge in [-0.05, 0) is 136 Å². The van der Waals surface area contributed by atoms with E-state index in [1.807, 2.05) is 0 Å². The Balaban J connectivity index is 1.11. The fourth-order valence-electron chi connectivity index (χ4n) is 10.3. The van der Waals surface area contributed by atoms with Crippen molar-refractivity contribution in [3.05, 3.63) is 214 Å². The zero-order valence-corrected chi connectivity index (χ0v) is 28.1. The highest BCUT2D eigenvalue weighted by molar-refractivity contribution is 5.98. The zero-order valence-electron chi connectivity index (χ0n) is 28.1. The lowest BCUT2D eigenvalue weighted by molar-refractivity contribution is 0.794. The molecule has 0 unspecified atom stereocenters. The first-order valence-corrected chi connectivity index (χ1v) is 18.2. The first kappa shape index (κ1) is 27.6. The van der Waals surface area contributed by atoms with Gasteiger partial charge in [-0.2, -0.15) is 0 Å². The summed E-state index contributed by atoms with van der Waals surface area (Å²) in [6, 6.07) is 64.6. The Bertz CT molecular complexity index is 2620. The Morgan fingerprint density at radius 1 is 0.275 bits per heavy atom. The summed E-state index contributed by atoms with van der Waals surface area (Å²) >= 11 is 0. The normalized spacial score (nSPS) is 14.3. The minimum absolute atomic E-state index is 0.411. The van der Waals surface area contributed by atoms with Crippen molar-refractivity contribution in [2.75, 3.05) is 0 Å². The van der Waals surface area contributed by atoms with E-state index in [0.29, 0.717) is 0 Å². The smallest absolute Gasteiger partial charge is 0.0619 e. The van der Waals surface area contributed by atoms with E-state index in [2.05, 4.69) is 170 Å². The van der Waals surface area contributed by atoms with Crippen LogP contribution < -0.4 is 0 Å². The SMILES string of the molecule is c1ccc2c(c1)Cc1c(-c3ccc4c(c3)C3(c5ccccc5-c5ccccc53)c3cc(-c5cccc6c5Cc5ccccc5-6)ccc3-4)cccc1-2. The van der Waals surface area contributed by atoms with Gasteiger partial charge in [-0.3, -0.25) is 0 Å². The third-order valence-electron chi connectivity index (χ3n) is 12.4. The summed E-state index contributed by atoms with van der Waals surface area (Å²) in [5.74, 6) is 0. The molecule has 0 N–H and O–H groups in total. The molecule has 0 heteroatoms. The van der Waals surface area contributed by atoms with Crippen molar-refractivity contribution >= 4 is 0 Å². The molecule has 0 saturated heterocycles. The van der Waals surface area contributed by atoms with Crippen LogP contribution in [-0.2, 0) is 18.3 Å². The number of rotatable bonds is 2. The van der Waals surface area contributed by atoms with E-state index in [9.17, 15) is 0 Å². The van der Waals surface area contributed by atoms with Crippen molar-refractivity contribution < 1.29 is 0 Å². The molecule has 0 bridgehead atoms. The van der Waals surface area contributed by atoms with Crippen LogP contribution in [0, 0.1) is 0 Å². The number of hydrogen-bond donors (Lipinski definition) is 0. The highest BCUT2D eigenvalue weighted by atomic mass is 14.5. The number of benzene rings is 8. The second-order valence-electron chi connectivity index (χ2n) is 14.7. The Kier molecular flexibility index (Phi) is 5.37. The van der Waals surface area contributed by atoms with Gasteiger partial charge in [0, 0.05) is 0 Å². The Morgan fingerprint density at radius 2 is 0.647 bits per heavy atom. The summed E-state index contributed by atoms with van der Waals surface area (Å²) in [4.78, 5) is 0. The average molecular weight is 645 g/mol. The van der Waals surface area contributed by atoms with Crippen LogP contribution >= 0.6 is 0 Å². The molecule has 0 nitrogen and oxygen atoms in total. The molecule has 8 aromatic rings. The molecule has 1 spiro atoms. The van der Waals surface area contributed by atoms with E-state index in [1.165, 1.54) is 111 Å². The largest absolute Gasteiger partial charge is 0.0725 e. The molecular weight excluding hydrogens is 613 g/mol. The van der Waals surface area contributed by atoms with Crippen LogP contribution in [0.15, 0.2) is 170 Å². The average Bonchev–Trinajstić information content (AvgIpc) is 3.92. The third-order valence-corrected chi connectivity index (χ3v) is 12.4. The summed E-state index contributed by atoms with van der Waals surface area (Å²) in [5.41, 5.74) is 27.0. The van der Waals surface area contributed by atoms with E-state index in [0.717, 1.165) is 12.8 Å². The molecule has 0 heterocycles. The summed E-state index contributed by atoms with van der Waals surface area (Å²) in [6.45, 7) is 0. The van der Waals surface area contributed by atoms with Crippen LogP contribution in [0.3, 0.4) is 0 Å². The van der Waals surface area contributed by atoms with Crippen molar-refractivity contribution in [2.24, 2.45) is 0 Å². The van der Waals surface area contributed by atoms with Crippen LogP contribution in [0.25, 0.3) is 66.8 Å². The number of hydrogen-bond acceptors (Lipinski definition) is 0. The molecule has 8 aromatic carbocycles. The van der Waals surface area contributed by atoms with Gasteiger partial charge in [0.1, 0.15) is 0 Å². The molecule has 4 aliphatic rings. The van der Waals surface area contributed by atoms with Crippen LogP contribution in [0.5, 0.6) is 0 Å². The van der Waals surface area contributed by atoms with Gasteiger partial charge in [-0.25, -0.2) is 0 Å². The molecule has 0 fully saturated rings. The predicted molar refractivity (Wildman–Crippen MR) is 210 cm³/mol. The molecule has 12 rings (SSSR count). The fourth-order valence-corrected chi connectivity index (χ4v) is 10.3. The van der Waals surface area contributed by atoms with E-state index < -0.39 is 5.41 Å². The monoisotopic (exact) mass is 644 g/mol. The molecule has 0 aliphatic heterocycles. The van der Waals surface area contributed by atoms with Crippen molar-refractivity contribution in [2.45, 2.75) is 18.3 Å². The Labute approximate surface area is 298 Å². The van der Waals surface area contributed by atoms with Crippen molar-refractivity contribution in [1.29, 1.82) is 0 Å². The van der Waals surface area contributed by atoms with Gasteiger partial charge in [0.05, 0.1) is 5.41 Å². The lowest BCUT2D eigenvalue weighted by Gasteiger charge is -2.31. The van der Waals surface area contributed by atoms with E-state index in [4.69, 9.17) is 0 Å². The van der Waals surface area contributed by atoms with Gasteiger partial charge >= 0.3 is 0 Å². The molecular formula is C51H32. The lowest BCUT2D eigenvalue weighted by atomic mass is 9.70. The first-order chi connectivity index (χ1) is 25.3. The van der Waals surface area contributed by atoms with Gasteiger partial charge < -0.3 is 0 Å². The second-order valence-corrected chi connectivity index (χ2v) is 14.7. The minimum Gasteiger partial charge on any atom is -0.0619 e. The lowest BCUT2D eigenvalue weighted by Crippen LogP contribution is -2.26. The van der Waals surface area contributed by atoms with Crippen LogP contribution in [0.4, 0.5) is 0 Å². The fraction of sp³-hybridized carbons (Fsp3) is 0.0588. The molecule has 236 valence electrons. The van der Waals surface area contributed by atoms with Crippen LogP contribution in [0.1, 0.15) is 44.5 Å². The molecule has 0 atom stereocenters. The second kappa shape index (κ2) is 9.93. The topological polar surface area (TPSA) is 0 Å². The Morgan fingerprint density at radius 3 is 1.14 bits per heavy atom. The molecule has 0 amide bonds. The maximum atomic E-state index is 2.54. The van der Waals surface area contributed by atoms with Gasteiger partial charge in [0.25, 0.3) is 0 Å². The maximum absolute atomic E-state index is 2.54. The zero-order chi connectivity index (χ0) is 33.3. The van der Waals surface area contributed by atoms with Crippen molar-refractivity contribution in [3.8, 4) is 66.8 Å². The summed E-state index contributed by atoms with van der Waals surface area (Å²) in [5, 5.41) is 0. The Hall–Kier alpha value is -6.24. The number of fused-ring (bicyclic) bond motifs is 16. The van der Waals surface area contributed by atoms with Gasteiger partial charge in [-0.1, -0.05) is 158 Å². The third kappa shape index (κ3) is 3.50. The predicted octanol–water partition coefficient (Wildman–Crippen LogP) is 12.5. The molecule has 0 radical (unpaired) electrons. The van der Waals surface area contributed by atoms with E-state index >= 15 is 0 Å². The highest BCUT2D eigenvalue weighted by Crippen LogP contribution is 2.63. The van der Waals surface area contributed by atoms with Crippen LogP contribution in [0.2, 0.25) is 0 Å². The summed E-state index contributed by atoms with van der Waals surface area (Å²) in [7, 11) is 0. The van der Waals surface area contributed by atoms with Crippen LogP contribution in [-0.4, -0.2) is 0 Å². The maximum Gasteiger partial charge on any atom is 0.0725 e. The van der Waals surface area contributed by atoms with Crippen molar-refractivity contribution in [1.82, 2.24) is 0 Å². The standard InChI is InChI=1S/C51H32/c1-3-13-35-31(11-1)27-45-37(17-9-19-39(35)45)33-23-25-43-44-26-24-34(38-18-10-20-40-36-14-4-2-12-32(36)28-46(38)40)30-50(44)51(49(43)29-33)47-21-7-5-15-41(47)42-16-6-8-22-48(42)51/h1-26,29-30H,27-28H2. The minimum atomic E-state index is -0.411. The molecule has 0 saturated carbocycles. The molecule has 51 heavy (non-hydrogen) atoms. The van der Waals surface area contributed by atoms with Crippen molar-refractivity contribution in [3.63, 3.8) is 0 Å². The van der Waals surface area contributed by atoms with Gasteiger partial charge in [0.2, 0.25) is 0 Å². The molecule has 0 aromatic heterocycles. The summed E-state index contributed by atoms with van der Waals surface area (Å²) in [6.07, 6.45) is 1.95. The van der Waals surface area contributed by atoms with Gasteiger partial charge in [0.15, 0.2) is 0 Å². The van der Waals surface area contributed by atoms with E-state index in [1.54, 1.807) is 0 Å². The highest BCUT2D eigenvalue weighted by Gasteiger charge is 2.51. The molecule has 4 aliphatic carbocycles. The van der Waals surface area contributed by atoms with Gasteiger partial charge in [-0.15, -0.1) is 0 Å².